The second-order valence-electron chi connectivity index (χ2n) is 7.53. The largest absolute Gasteiger partial charge is 0.314 e. The maximum Gasteiger partial charge on any atom is 0.00104 e. The Bertz CT molecular complexity index is 457. The van der Waals surface area contributed by atoms with E-state index in [1.165, 1.54) is 57.9 Å². The van der Waals surface area contributed by atoms with Gasteiger partial charge in [0.05, 0.1) is 0 Å². The van der Waals surface area contributed by atoms with E-state index in [9.17, 15) is 0 Å². The summed E-state index contributed by atoms with van der Waals surface area (Å²) in [4.78, 5) is 0. The molecule has 21 heavy (non-hydrogen) atoms. The lowest BCUT2D eigenvalue weighted by atomic mass is 9.85. The van der Waals surface area contributed by atoms with Crippen molar-refractivity contribution in [1.82, 2.24) is 5.32 Å². The van der Waals surface area contributed by atoms with Crippen molar-refractivity contribution in [3.8, 4) is 0 Å². The molecule has 0 aromatic heterocycles. The lowest BCUT2D eigenvalue weighted by Crippen LogP contribution is -2.33. The van der Waals surface area contributed by atoms with Crippen molar-refractivity contribution in [3.05, 3.63) is 34.9 Å². The molecule has 0 aliphatic heterocycles. The zero-order valence-corrected chi connectivity index (χ0v) is 13.8. The number of fused-ring (bicyclic) bond motifs is 1. The van der Waals surface area contributed by atoms with Crippen molar-refractivity contribution in [1.29, 1.82) is 0 Å². The Kier molecular flexibility index (Phi) is 5.00. The van der Waals surface area contributed by atoms with Crippen LogP contribution in [0.4, 0.5) is 0 Å². The van der Waals surface area contributed by atoms with Crippen LogP contribution in [0.3, 0.4) is 0 Å². The number of hydrogen-bond acceptors (Lipinski definition) is 1. The van der Waals surface area contributed by atoms with Crippen LogP contribution in [-0.2, 0) is 19.3 Å². The third-order valence-corrected chi connectivity index (χ3v) is 5.52. The zero-order chi connectivity index (χ0) is 14.7. The molecule has 0 bridgehead atoms. The van der Waals surface area contributed by atoms with Crippen molar-refractivity contribution in [2.45, 2.75) is 71.3 Å². The summed E-state index contributed by atoms with van der Waals surface area (Å²) in [6.45, 7) is 5.72. The van der Waals surface area contributed by atoms with Gasteiger partial charge in [0.2, 0.25) is 0 Å². The van der Waals surface area contributed by atoms with Gasteiger partial charge in [0.1, 0.15) is 0 Å². The molecule has 2 aliphatic carbocycles. The Morgan fingerprint density at radius 2 is 1.81 bits per heavy atom. The monoisotopic (exact) mass is 285 g/mol. The second-order valence-corrected chi connectivity index (χ2v) is 7.53. The summed E-state index contributed by atoms with van der Waals surface area (Å²) in [5, 5.41) is 3.70. The SMILES string of the molecule is CC(C)NCC(Cc1ccc2c(c1)CCC2)C1CCCC1. The van der Waals surface area contributed by atoms with Gasteiger partial charge in [-0.1, -0.05) is 57.7 Å². The maximum absolute atomic E-state index is 3.70. The summed E-state index contributed by atoms with van der Waals surface area (Å²) >= 11 is 0. The molecule has 116 valence electrons. The molecule has 0 amide bonds. The van der Waals surface area contributed by atoms with E-state index in [2.05, 4.69) is 37.4 Å². The van der Waals surface area contributed by atoms with Crippen LogP contribution < -0.4 is 5.32 Å². The number of rotatable bonds is 6. The molecule has 0 spiro atoms. The smallest absolute Gasteiger partial charge is 0.00104 e. The van der Waals surface area contributed by atoms with E-state index in [-0.39, 0.29) is 0 Å². The molecule has 1 heteroatoms. The third kappa shape index (κ3) is 3.88. The van der Waals surface area contributed by atoms with Crippen molar-refractivity contribution in [2.24, 2.45) is 11.8 Å². The zero-order valence-electron chi connectivity index (χ0n) is 13.8. The Hall–Kier alpha value is -0.820. The highest BCUT2D eigenvalue weighted by Gasteiger charge is 2.25. The average molecular weight is 285 g/mol. The molecule has 1 aromatic rings. The minimum Gasteiger partial charge on any atom is -0.314 e. The van der Waals surface area contributed by atoms with Crippen LogP contribution in [-0.4, -0.2) is 12.6 Å². The molecule has 1 unspecified atom stereocenters. The predicted octanol–water partition coefficient (Wildman–Crippen LogP) is 4.52. The number of benzene rings is 1. The first-order chi connectivity index (χ1) is 10.2. The summed E-state index contributed by atoms with van der Waals surface area (Å²) in [7, 11) is 0. The molecule has 3 rings (SSSR count). The summed E-state index contributed by atoms with van der Waals surface area (Å²) in [6, 6.07) is 7.93. The highest BCUT2D eigenvalue weighted by Crippen LogP contribution is 2.34. The number of nitrogens with one attached hydrogen (secondary N) is 1. The van der Waals surface area contributed by atoms with Crippen molar-refractivity contribution in [2.75, 3.05) is 6.54 Å². The molecule has 1 aromatic carbocycles. The number of aryl methyl sites for hydroxylation is 2. The van der Waals surface area contributed by atoms with Gasteiger partial charge in [0.15, 0.2) is 0 Å². The van der Waals surface area contributed by atoms with E-state index in [1.54, 1.807) is 16.7 Å². The molecule has 1 fully saturated rings. The molecule has 1 nitrogen and oxygen atoms in total. The highest BCUT2D eigenvalue weighted by atomic mass is 14.9. The van der Waals surface area contributed by atoms with Crippen LogP contribution in [0.25, 0.3) is 0 Å². The second kappa shape index (κ2) is 6.96. The lowest BCUT2D eigenvalue weighted by molar-refractivity contribution is 0.313. The van der Waals surface area contributed by atoms with Gasteiger partial charge >= 0.3 is 0 Å². The molecule has 2 aliphatic rings. The van der Waals surface area contributed by atoms with Gasteiger partial charge in [0.25, 0.3) is 0 Å². The summed E-state index contributed by atoms with van der Waals surface area (Å²) < 4.78 is 0. The van der Waals surface area contributed by atoms with Crippen LogP contribution in [0.1, 0.15) is 62.6 Å². The molecule has 1 N–H and O–H groups in total. The van der Waals surface area contributed by atoms with Crippen LogP contribution in [0, 0.1) is 11.8 Å². The van der Waals surface area contributed by atoms with E-state index < -0.39 is 0 Å². The first-order valence-electron chi connectivity index (χ1n) is 9.06. The Labute approximate surface area is 130 Å². The molecular weight excluding hydrogens is 254 g/mol. The molecule has 0 heterocycles. The fraction of sp³-hybridized carbons (Fsp3) is 0.700. The van der Waals surface area contributed by atoms with Crippen LogP contribution >= 0.6 is 0 Å². The summed E-state index contributed by atoms with van der Waals surface area (Å²) in [5.41, 5.74) is 4.82. The first kappa shape index (κ1) is 15.1. The normalized spacial score (nSPS) is 20.1. The van der Waals surface area contributed by atoms with Crippen LogP contribution in [0.15, 0.2) is 18.2 Å². The number of hydrogen-bond donors (Lipinski definition) is 1. The fourth-order valence-corrected chi connectivity index (χ4v) is 4.28. The molecule has 0 radical (unpaired) electrons. The lowest BCUT2D eigenvalue weighted by Gasteiger charge is -2.25. The van der Waals surface area contributed by atoms with Crippen molar-refractivity contribution < 1.29 is 0 Å². The molecule has 1 saturated carbocycles. The van der Waals surface area contributed by atoms with Gasteiger partial charge < -0.3 is 5.32 Å². The Morgan fingerprint density at radius 1 is 1.05 bits per heavy atom. The first-order valence-corrected chi connectivity index (χ1v) is 9.06. The quantitative estimate of drug-likeness (QED) is 0.810. The minimum absolute atomic E-state index is 0.605. The minimum atomic E-state index is 0.605. The van der Waals surface area contributed by atoms with Gasteiger partial charge in [-0.15, -0.1) is 0 Å². The van der Waals surface area contributed by atoms with E-state index >= 15 is 0 Å². The van der Waals surface area contributed by atoms with Crippen molar-refractivity contribution in [3.63, 3.8) is 0 Å². The van der Waals surface area contributed by atoms with Gasteiger partial charge in [0, 0.05) is 6.04 Å². The summed E-state index contributed by atoms with van der Waals surface area (Å²) in [6.07, 6.45) is 11.1. The maximum atomic E-state index is 3.70. The topological polar surface area (TPSA) is 12.0 Å². The van der Waals surface area contributed by atoms with E-state index in [4.69, 9.17) is 0 Å². The highest BCUT2D eigenvalue weighted by molar-refractivity contribution is 5.35. The van der Waals surface area contributed by atoms with Gasteiger partial charge in [-0.2, -0.15) is 0 Å². The molecular formula is C20H31N. The van der Waals surface area contributed by atoms with Gasteiger partial charge in [-0.3, -0.25) is 0 Å². The van der Waals surface area contributed by atoms with Crippen LogP contribution in [0.2, 0.25) is 0 Å². The van der Waals surface area contributed by atoms with Gasteiger partial charge in [-0.25, -0.2) is 0 Å². The Balaban J connectivity index is 1.67. The van der Waals surface area contributed by atoms with E-state index in [1.807, 2.05) is 0 Å². The summed E-state index contributed by atoms with van der Waals surface area (Å²) in [5.74, 6) is 1.78. The van der Waals surface area contributed by atoms with Crippen LogP contribution in [0.5, 0.6) is 0 Å². The molecule has 0 saturated heterocycles. The third-order valence-electron chi connectivity index (χ3n) is 5.52. The predicted molar refractivity (Wildman–Crippen MR) is 90.8 cm³/mol. The average Bonchev–Trinajstić information content (AvgIpc) is 3.13. The van der Waals surface area contributed by atoms with E-state index in [0.29, 0.717) is 6.04 Å². The van der Waals surface area contributed by atoms with Gasteiger partial charge in [-0.05, 0) is 60.8 Å². The Morgan fingerprint density at radius 3 is 2.57 bits per heavy atom. The fourth-order valence-electron chi connectivity index (χ4n) is 4.28. The standard InChI is InChI=1S/C20H31N/c1-15(2)21-14-20(17-6-3-4-7-17)13-16-10-11-18-8-5-9-19(18)12-16/h10-12,15,17,20-21H,3-9,13-14H2,1-2H3. The van der Waals surface area contributed by atoms with Crippen molar-refractivity contribution >= 4 is 0 Å². The van der Waals surface area contributed by atoms with E-state index in [0.717, 1.165) is 11.8 Å². The molecule has 1 atom stereocenters.